The molecule has 0 unspecified atom stereocenters. The minimum atomic E-state index is -2.74. The molecule has 0 bridgehead atoms. The first-order chi connectivity index (χ1) is 18.8. The van der Waals surface area contributed by atoms with E-state index in [0.29, 0.717) is 0 Å². The standard InChI is InChI=1S/C22H29N5.C6H8O7/c1-25(2)13-14-27(17-20-10-7-8-12-23-20)16-19-15-18-9-5-6-11-21(18)24-22(19)26(3)4;7-3(8)1-6(13,5(11)12)2-4(9)10/h5-12,15H,13-14,16-17H2,1-4H3;13H,1-2H2,(H,7,8)(H,9,10)(H,11,12). The molecule has 0 radical (unpaired) electrons. The number of aromatic nitrogens is 2. The summed E-state index contributed by atoms with van der Waals surface area (Å²) in [6.07, 6.45) is -0.425. The quantitative estimate of drug-likeness (QED) is 0.243. The maximum Gasteiger partial charge on any atom is 0.336 e. The molecule has 12 nitrogen and oxygen atoms in total. The molecule has 216 valence electrons. The Morgan fingerprint density at radius 3 is 2.00 bits per heavy atom. The fraction of sp³-hybridized carbons (Fsp3) is 0.393. The molecule has 0 saturated heterocycles. The molecule has 1 aromatic carbocycles. The molecule has 12 heteroatoms. The van der Waals surface area contributed by atoms with Crippen molar-refractivity contribution in [3.63, 3.8) is 0 Å². The zero-order valence-electron chi connectivity index (χ0n) is 23.2. The zero-order valence-corrected chi connectivity index (χ0v) is 23.2. The van der Waals surface area contributed by atoms with Crippen LogP contribution in [-0.4, -0.2) is 105 Å². The van der Waals surface area contributed by atoms with Crippen LogP contribution in [0.4, 0.5) is 5.82 Å². The summed E-state index contributed by atoms with van der Waals surface area (Å²) in [6, 6.07) is 16.7. The maximum absolute atomic E-state index is 10.3. The average Bonchev–Trinajstić information content (AvgIpc) is 2.86. The normalized spacial score (nSPS) is 11.3. The SMILES string of the molecule is CN(C)CCN(Cc1ccccn1)Cc1cc2ccccc2nc1N(C)C.O=C(O)CC(O)(CC(=O)O)C(=O)O. The van der Waals surface area contributed by atoms with E-state index in [1.54, 1.807) is 0 Å². The van der Waals surface area contributed by atoms with Gasteiger partial charge in [0.1, 0.15) is 5.82 Å². The summed E-state index contributed by atoms with van der Waals surface area (Å²) >= 11 is 0. The molecule has 40 heavy (non-hydrogen) atoms. The molecular formula is C28H37N5O7. The second-order valence-electron chi connectivity index (χ2n) is 9.87. The number of para-hydroxylation sites is 1. The topological polar surface area (TPSA) is 168 Å². The number of aliphatic hydroxyl groups is 1. The van der Waals surface area contributed by atoms with E-state index in [0.717, 1.165) is 43.2 Å². The van der Waals surface area contributed by atoms with Gasteiger partial charge in [0, 0.05) is 57.4 Å². The lowest BCUT2D eigenvalue weighted by molar-refractivity contribution is -0.170. The largest absolute Gasteiger partial charge is 0.481 e. The Labute approximate surface area is 233 Å². The number of aliphatic carboxylic acids is 3. The highest BCUT2D eigenvalue weighted by Crippen LogP contribution is 2.24. The van der Waals surface area contributed by atoms with Gasteiger partial charge in [0.25, 0.3) is 0 Å². The number of anilines is 1. The molecular weight excluding hydrogens is 518 g/mol. The predicted octanol–water partition coefficient (Wildman–Crippen LogP) is 2.01. The Balaban J connectivity index is 0.000000366. The summed E-state index contributed by atoms with van der Waals surface area (Å²) in [5.74, 6) is -3.99. The Morgan fingerprint density at radius 1 is 0.850 bits per heavy atom. The second kappa shape index (κ2) is 14.9. The van der Waals surface area contributed by atoms with Gasteiger partial charge < -0.3 is 30.2 Å². The van der Waals surface area contributed by atoms with Crippen molar-refractivity contribution in [2.24, 2.45) is 0 Å². The van der Waals surface area contributed by atoms with Crippen LogP contribution in [-0.2, 0) is 27.5 Å². The smallest absolute Gasteiger partial charge is 0.336 e. The van der Waals surface area contributed by atoms with Crippen LogP contribution in [0.5, 0.6) is 0 Å². The van der Waals surface area contributed by atoms with Crippen molar-refractivity contribution in [1.29, 1.82) is 0 Å². The van der Waals surface area contributed by atoms with E-state index in [1.165, 1.54) is 10.9 Å². The Hall–Kier alpha value is -4.13. The van der Waals surface area contributed by atoms with Crippen molar-refractivity contribution in [1.82, 2.24) is 19.8 Å². The number of pyridine rings is 2. The van der Waals surface area contributed by atoms with E-state index in [1.807, 2.05) is 18.3 Å². The van der Waals surface area contributed by atoms with Crippen LogP contribution in [0.25, 0.3) is 10.9 Å². The Kier molecular flexibility index (Phi) is 11.9. The number of rotatable bonds is 13. The molecule has 0 fully saturated rings. The van der Waals surface area contributed by atoms with Crippen LogP contribution in [0.15, 0.2) is 54.7 Å². The van der Waals surface area contributed by atoms with Crippen molar-refractivity contribution in [2.45, 2.75) is 31.5 Å². The van der Waals surface area contributed by atoms with E-state index in [2.05, 4.69) is 84.3 Å². The number of fused-ring (bicyclic) bond motifs is 1. The molecule has 2 heterocycles. The number of hydrogen-bond donors (Lipinski definition) is 4. The lowest BCUT2D eigenvalue weighted by Gasteiger charge is -2.26. The van der Waals surface area contributed by atoms with Crippen LogP contribution in [0.1, 0.15) is 24.1 Å². The third-order valence-corrected chi connectivity index (χ3v) is 5.86. The third kappa shape index (κ3) is 10.2. The number of carboxylic acid groups (broad SMARTS) is 3. The van der Waals surface area contributed by atoms with Gasteiger partial charge >= 0.3 is 17.9 Å². The molecule has 0 aliphatic heterocycles. The van der Waals surface area contributed by atoms with E-state index in [-0.39, 0.29) is 0 Å². The predicted molar refractivity (Wildman–Crippen MR) is 150 cm³/mol. The number of nitrogens with zero attached hydrogens (tertiary/aromatic N) is 5. The van der Waals surface area contributed by atoms with Gasteiger partial charge in [-0.3, -0.25) is 19.5 Å². The van der Waals surface area contributed by atoms with Gasteiger partial charge in [0.2, 0.25) is 0 Å². The fourth-order valence-corrected chi connectivity index (χ4v) is 3.88. The highest BCUT2D eigenvalue weighted by molar-refractivity contribution is 5.88. The van der Waals surface area contributed by atoms with Gasteiger partial charge in [0.15, 0.2) is 5.60 Å². The third-order valence-electron chi connectivity index (χ3n) is 5.86. The van der Waals surface area contributed by atoms with Crippen molar-refractivity contribution in [3.8, 4) is 0 Å². The first-order valence-corrected chi connectivity index (χ1v) is 12.5. The molecule has 0 amide bonds. The van der Waals surface area contributed by atoms with Gasteiger partial charge in [-0.15, -0.1) is 0 Å². The Morgan fingerprint density at radius 2 is 1.48 bits per heavy atom. The van der Waals surface area contributed by atoms with Crippen LogP contribution in [0.3, 0.4) is 0 Å². The van der Waals surface area contributed by atoms with Crippen molar-refractivity contribution in [2.75, 3.05) is 46.2 Å². The summed E-state index contributed by atoms with van der Waals surface area (Å²) in [5, 5.41) is 35.0. The number of likely N-dealkylation sites (N-methyl/N-ethyl adjacent to an activating group) is 1. The van der Waals surface area contributed by atoms with Gasteiger partial charge in [0.05, 0.1) is 24.1 Å². The summed E-state index contributed by atoms with van der Waals surface area (Å²) in [6.45, 7) is 3.65. The summed E-state index contributed by atoms with van der Waals surface area (Å²) in [5.41, 5.74) is 0.636. The van der Waals surface area contributed by atoms with Gasteiger partial charge in [-0.1, -0.05) is 24.3 Å². The minimum absolute atomic E-state index is 0.828. The number of carboxylic acids is 3. The molecule has 3 rings (SSSR count). The fourth-order valence-electron chi connectivity index (χ4n) is 3.88. The average molecular weight is 556 g/mol. The monoisotopic (exact) mass is 555 g/mol. The lowest BCUT2D eigenvalue weighted by Crippen LogP contribution is -2.42. The van der Waals surface area contributed by atoms with E-state index in [4.69, 9.17) is 25.4 Å². The Bertz CT molecular complexity index is 1270. The number of hydrogen-bond acceptors (Lipinski definition) is 9. The van der Waals surface area contributed by atoms with E-state index < -0.39 is 36.4 Å². The second-order valence-corrected chi connectivity index (χ2v) is 9.87. The first kappa shape index (κ1) is 32.1. The molecule has 3 aromatic rings. The van der Waals surface area contributed by atoms with Crippen molar-refractivity contribution >= 4 is 34.6 Å². The molecule has 0 saturated carbocycles. The lowest BCUT2D eigenvalue weighted by atomic mass is 9.96. The van der Waals surface area contributed by atoms with Gasteiger partial charge in [-0.25, -0.2) is 9.78 Å². The number of carbonyl (C=O) groups is 3. The highest BCUT2D eigenvalue weighted by atomic mass is 16.4. The van der Waals surface area contributed by atoms with Crippen molar-refractivity contribution < 1.29 is 34.8 Å². The van der Waals surface area contributed by atoms with Crippen LogP contribution in [0.2, 0.25) is 0 Å². The number of benzene rings is 1. The molecule has 2 aromatic heterocycles. The molecule has 4 N–H and O–H groups in total. The van der Waals surface area contributed by atoms with Crippen LogP contribution >= 0.6 is 0 Å². The summed E-state index contributed by atoms with van der Waals surface area (Å²) in [7, 11) is 8.34. The molecule has 0 aliphatic carbocycles. The summed E-state index contributed by atoms with van der Waals surface area (Å²) < 4.78 is 0. The van der Waals surface area contributed by atoms with Gasteiger partial charge in [-0.2, -0.15) is 0 Å². The summed E-state index contributed by atoms with van der Waals surface area (Å²) in [4.78, 5) is 46.7. The highest BCUT2D eigenvalue weighted by Gasteiger charge is 2.40. The van der Waals surface area contributed by atoms with Gasteiger partial charge in [-0.05, 0) is 38.4 Å². The zero-order chi connectivity index (χ0) is 29.9. The van der Waals surface area contributed by atoms with E-state index >= 15 is 0 Å². The van der Waals surface area contributed by atoms with E-state index in [9.17, 15) is 14.4 Å². The van der Waals surface area contributed by atoms with Crippen LogP contribution in [0, 0.1) is 0 Å². The first-order valence-electron chi connectivity index (χ1n) is 12.5. The minimum Gasteiger partial charge on any atom is -0.481 e. The molecule has 0 atom stereocenters. The molecule has 0 aliphatic rings. The van der Waals surface area contributed by atoms with Crippen molar-refractivity contribution in [3.05, 3.63) is 66.0 Å². The van der Waals surface area contributed by atoms with Crippen LogP contribution < -0.4 is 4.90 Å². The maximum atomic E-state index is 10.3. The molecule has 0 spiro atoms.